The zero-order valence-corrected chi connectivity index (χ0v) is 19.7. The lowest BCUT2D eigenvalue weighted by Gasteiger charge is -2.09. The topological polar surface area (TPSA) is 157 Å². The van der Waals surface area contributed by atoms with Crippen molar-refractivity contribution in [1.29, 1.82) is 0 Å². The summed E-state index contributed by atoms with van der Waals surface area (Å²) >= 11 is 9.27. The maximum atomic E-state index is 11.1. The molecule has 5 rings (SSSR count). The molecule has 0 aliphatic heterocycles. The molecule has 0 amide bonds. The molecule has 14 heteroatoms. The van der Waals surface area contributed by atoms with Gasteiger partial charge in [-0.2, -0.15) is 10.1 Å². The highest BCUT2D eigenvalue weighted by molar-refractivity contribution is 9.10. The van der Waals surface area contributed by atoms with E-state index in [9.17, 15) is 10.1 Å². The molecule has 0 aliphatic rings. The van der Waals surface area contributed by atoms with Crippen molar-refractivity contribution in [3.63, 3.8) is 0 Å². The Bertz CT molecular complexity index is 1570. The molecule has 0 aliphatic carbocycles. The van der Waals surface area contributed by atoms with Crippen molar-refractivity contribution in [2.45, 2.75) is 0 Å². The molecule has 0 saturated heterocycles. The second-order valence-corrected chi connectivity index (χ2v) is 8.28. The first-order valence-electron chi connectivity index (χ1n) is 9.82. The van der Waals surface area contributed by atoms with E-state index in [4.69, 9.17) is 20.6 Å². The highest BCUT2D eigenvalue weighted by Crippen LogP contribution is 2.31. The predicted octanol–water partition coefficient (Wildman–Crippen LogP) is 5.79. The van der Waals surface area contributed by atoms with Gasteiger partial charge in [-0.05, 0) is 58.8 Å². The summed E-state index contributed by atoms with van der Waals surface area (Å²) in [6.45, 7) is 0. The van der Waals surface area contributed by atoms with Crippen LogP contribution in [0.15, 0.2) is 73.2 Å². The van der Waals surface area contributed by atoms with Crippen molar-refractivity contribution in [2.75, 3.05) is 10.7 Å². The molecule has 2 N–H and O–H groups in total. The van der Waals surface area contributed by atoms with Gasteiger partial charge in [0.1, 0.15) is 16.5 Å². The van der Waals surface area contributed by atoms with Crippen molar-refractivity contribution in [3.05, 3.63) is 80.0 Å². The number of nitro benzene ring substituents is 1. The van der Waals surface area contributed by atoms with E-state index >= 15 is 0 Å². The number of benzene rings is 2. The maximum Gasteiger partial charge on any atom is 0.288 e. The molecule has 0 bridgehead atoms. The average molecular weight is 556 g/mol. The zero-order valence-electron chi connectivity index (χ0n) is 17.3. The van der Waals surface area contributed by atoms with Crippen molar-refractivity contribution in [1.82, 2.24) is 20.3 Å². The SMILES string of the molecule is O=[N+]([O-])c1cc(-c2ccc(/C=N/Nc3nc4nonc4nc3Nc3ccc(Br)cc3)o2)ccc1Cl. The molecule has 0 saturated carbocycles. The van der Waals surface area contributed by atoms with Gasteiger partial charge >= 0.3 is 0 Å². The van der Waals surface area contributed by atoms with Crippen molar-refractivity contribution >= 4 is 68.1 Å². The molecule has 2 aromatic carbocycles. The Balaban J connectivity index is 1.37. The third-order valence-corrected chi connectivity index (χ3v) is 5.49. The highest BCUT2D eigenvalue weighted by Gasteiger charge is 2.16. The minimum absolute atomic E-state index is 0.0456. The van der Waals surface area contributed by atoms with Gasteiger partial charge in [0, 0.05) is 21.8 Å². The molecule has 0 spiro atoms. The minimum Gasteiger partial charge on any atom is -0.455 e. The maximum absolute atomic E-state index is 11.1. The second-order valence-electron chi connectivity index (χ2n) is 6.96. The number of hydrogen-bond acceptors (Lipinski definition) is 11. The van der Waals surface area contributed by atoms with Gasteiger partial charge in [0.2, 0.25) is 11.3 Å². The molecular formula is C21H12BrClN8O4. The van der Waals surface area contributed by atoms with E-state index in [-0.39, 0.29) is 27.8 Å². The van der Waals surface area contributed by atoms with Gasteiger partial charge in [0.05, 0.1) is 11.1 Å². The molecule has 0 radical (unpaired) electrons. The van der Waals surface area contributed by atoms with Gasteiger partial charge < -0.3 is 9.73 Å². The normalized spacial score (nSPS) is 11.3. The molecule has 0 unspecified atom stereocenters. The largest absolute Gasteiger partial charge is 0.455 e. The Kier molecular flexibility index (Phi) is 6.08. The summed E-state index contributed by atoms with van der Waals surface area (Å²) in [6.07, 6.45) is 1.42. The van der Waals surface area contributed by atoms with Crippen LogP contribution in [0.2, 0.25) is 5.02 Å². The number of furan rings is 1. The Morgan fingerprint density at radius 3 is 2.51 bits per heavy atom. The molecule has 0 atom stereocenters. The minimum atomic E-state index is -0.552. The molecule has 0 fully saturated rings. The standard InChI is InChI=1S/C21H12BrClN8O4/c22-12-2-4-13(5-3-12)25-18-19(27-21-20(26-18)29-35-30-21)28-24-10-14-6-8-17(34-14)11-1-7-15(23)16(9-11)31(32)33/h1-10H,(H,25,26,29)(H,27,28,30)/b24-10+. The first kappa shape index (κ1) is 22.4. The van der Waals surface area contributed by atoms with Crippen LogP contribution >= 0.6 is 27.5 Å². The van der Waals surface area contributed by atoms with Crippen LogP contribution < -0.4 is 10.7 Å². The first-order chi connectivity index (χ1) is 17.0. The van der Waals surface area contributed by atoms with E-state index in [1.54, 1.807) is 18.2 Å². The molecule has 3 heterocycles. The number of aromatic nitrogens is 4. The second kappa shape index (κ2) is 9.48. The number of fused-ring (bicyclic) bond motifs is 1. The fourth-order valence-electron chi connectivity index (χ4n) is 3.01. The van der Waals surface area contributed by atoms with E-state index in [1.165, 1.54) is 18.3 Å². The van der Waals surface area contributed by atoms with E-state index < -0.39 is 4.92 Å². The number of hydrogen-bond donors (Lipinski definition) is 2. The molecular weight excluding hydrogens is 544 g/mol. The van der Waals surface area contributed by atoms with Gasteiger partial charge in [-0.3, -0.25) is 15.5 Å². The van der Waals surface area contributed by atoms with Gasteiger partial charge in [-0.25, -0.2) is 9.61 Å². The molecule has 5 aromatic rings. The Hall–Kier alpha value is -4.36. The first-order valence-corrected chi connectivity index (χ1v) is 11.0. The third-order valence-electron chi connectivity index (χ3n) is 4.64. The number of nitrogens with zero attached hydrogens (tertiary/aromatic N) is 6. The zero-order chi connectivity index (χ0) is 24.4. The molecule has 35 heavy (non-hydrogen) atoms. The quantitative estimate of drug-likeness (QED) is 0.143. The molecule has 12 nitrogen and oxygen atoms in total. The number of anilines is 3. The van der Waals surface area contributed by atoms with Gasteiger partial charge in [-0.1, -0.05) is 27.5 Å². The summed E-state index contributed by atoms with van der Waals surface area (Å²) in [5, 5.41) is 25.9. The molecule has 174 valence electrons. The van der Waals surface area contributed by atoms with Crippen LogP contribution in [0.5, 0.6) is 0 Å². The van der Waals surface area contributed by atoms with Crippen LogP contribution in [-0.4, -0.2) is 31.4 Å². The fraction of sp³-hybridized carbons (Fsp3) is 0. The van der Waals surface area contributed by atoms with Crippen molar-refractivity contribution < 1.29 is 14.0 Å². The summed E-state index contributed by atoms with van der Waals surface area (Å²) in [5.74, 6) is 1.43. The Morgan fingerprint density at radius 1 is 1.03 bits per heavy atom. The number of rotatable bonds is 7. The van der Waals surface area contributed by atoms with Crippen molar-refractivity contribution in [3.8, 4) is 11.3 Å². The van der Waals surface area contributed by atoms with E-state index in [0.29, 0.717) is 22.9 Å². The number of nitro groups is 1. The smallest absolute Gasteiger partial charge is 0.288 e. The highest BCUT2D eigenvalue weighted by atomic mass is 79.9. The third kappa shape index (κ3) is 4.95. The van der Waals surface area contributed by atoms with E-state index in [1.807, 2.05) is 24.3 Å². The summed E-state index contributed by atoms with van der Waals surface area (Å²) in [4.78, 5) is 19.3. The lowest BCUT2D eigenvalue weighted by Crippen LogP contribution is -2.03. The predicted molar refractivity (Wildman–Crippen MR) is 132 cm³/mol. The van der Waals surface area contributed by atoms with Crippen LogP contribution in [0.25, 0.3) is 22.6 Å². The van der Waals surface area contributed by atoms with Crippen LogP contribution in [0.4, 0.5) is 23.0 Å². The number of halogens is 2. The van der Waals surface area contributed by atoms with Gasteiger partial charge in [0.25, 0.3) is 5.69 Å². The lowest BCUT2D eigenvalue weighted by atomic mass is 10.1. The Labute approximate surface area is 209 Å². The van der Waals surface area contributed by atoms with Crippen LogP contribution in [0.1, 0.15) is 5.76 Å². The fourth-order valence-corrected chi connectivity index (χ4v) is 3.46. The number of nitrogens with one attached hydrogen (secondary N) is 2. The number of hydrazone groups is 1. The summed E-state index contributed by atoms with van der Waals surface area (Å²) in [6, 6.07) is 15.2. The summed E-state index contributed by atoms with van der Waals surface area (Å²) < 4.78 is 11.4. The van der Waals surface area contributed by atoms with E-state index in [0.717, 1.165) is 10.2 Å². The van der Waals surface area contributed by atoms with Gasteiger partial charge in [-0.15, -0.1) is 0 Å². The van der Waals surface area contributed by atoms with Crippen LogP contribution in [-0.2, 0) is 0 Å². The van der Waals surface area contributed by atoms with E-state index in [2.05, 4.69) is 52.1 Å². The Morgan fingerprint density at radius 2 is 1.77 bits per heavy atom. The summed E-state index contributed by atoms with van der Waals surface area (Å²) in [7, 11) is 0. The monoisotopic (exact) mass is 554 g/mol. The lowest BCUT2D eigenvalue weighted by molar-refractivity contribution is -0.384. The van der Waals surface area contributed by atoms with Crippen LogP contribution in [0, 0.1) is 10.1 Å². The summed E-state index contributed by atoms with van der Waals surface area (Å²) in [5.41, 5.74) is 4.29. The van der Waals surface area contributed by atoms with Gasteiger partial charge in [0.15, 0.2) is 11.6 Å². The van der Waals surface area contributed by atoms with Crippen LogP contribution in [0.3, 0.4) is 0 Å². The average Bonchev–Trinajstić information content (AvgIpc) is 3.50. The van der Waals surface area contributed by atoms with Crippen molar-refractivity contribution in [2.24, 2.45) is 5.10 Å². The molecule has 3 aromatic heterocycles.